The third-order valence-corrected chi connectivity index (χ3v) is 5.61. The van der Waals surface area contributed by atoms with Gasteiger partial charge < -0.3 is 10.1 Å². The second-order valence-corrected chi connectivity index (χ2v) is 7.62. The van der Waals surface area contributed by atoms with Gasteiger partial charge in [-0.2, -0.15) is 5.26 Å². The van der Waals surface area contributed by atoms with Crippen molar-refractivity contribution in [2.24, 2.45) is 0 Å². The van der Waals surface area contributed by atoms with Gasteiger partial charge in [0.2, 0.25) is 0 Å². The molecule has 0 saturated carbocycles. The van der Waals surface area contributed by atoms with Gasteiger partial charge in [0.05, 0.1) is 18.2 Å². The van der Waals surface area contributed by atoms with E-state index in [0.717, 1.165) is 16.2 Å². The molecule has 0 fully saturated rings. The highest BCUT2D eigenvalue weighted by Gasteiger charge is 2.13. The quantitative estimate of drug-likeness (QED) is 0.337. The van der Waals surface area contributed by atoms with Gasteiger partial charge in [0.15, 0.2) is 0 Å². The first kappa shape index (κ1) is 21.2. The molecule has 1 amide bonds. The Bertz CT molecular complexity index is 1350. The Labute approximate surface area is 189 Å². The highest BCUT2D eigenvalue weighted by Crippen LogP contribution is 2.24. The summed E-state index contributed by atoms with van der Waals surface area (Å²) in [5.74, 6) is 0.542. The van der Waals surface area contributed by atoms with Crippen LogP contribution in [0.5, 0.6) is 5.75 Å². The lowest BCUT2D eigenvalue weighted by Crippen LogP contribution is -2.12. The minimum Gasteiger partial charge on any atom is -0.497 e. The van der Waals surface area contributed by atoms with Crippen molar-refractivity contribution in [2.45, 2.75) is 4.90 Å². The Kier molecular flexibility index (Phi) is 6.19. The van der Waals surface area contributed by atoms with Crippen LogP contribution in [0.3, 0.4) is 0 Å². The second-order valence-electron chi connectivity index (χ2n) is 6.77. The number of hydrogen-bond donors (Lipinski definition) is 1. The van der Waals surface area contributed by atoms with Crippen molar-refractivity contribution in [1.82, 2.24) is 15.0 Å². The summed E-state index contributed by atoms with van der Waals surface area (Å²) in [4.78, 5) is 13.6. The van der Waals surface area contributed by atoms with Crippen LogP contribution in [0.4, 0.5) is 5.69 Å². The molecule has 0 bridgehead atoms. The first-order valence-corrected chi connectivity index (χ1v) is 10.9. The van der Waals surface area contributed by atoms with Crippen molar-refractivity contribution in [3.63, 3.8) is 0 Å². The van der Waals surface area contributed by atoms with Gasteiger partial charge in [-0.25, -0.2) is 4.68 Å². The first-order valence-electron chi connectivity index (χ1n) is 9.69. The number of anilines is 1. The van der Waals surface area contributed by atoms with Gasteiger partial charge >= 0.3 is 0 Å². The number of rotatable bonds is 6. The molecule has 1 N–H and O–H groups in total. The standard InChI is InChI=1S/C24H19N5O2S/c1-31-19-10-7-16(8-11-19)13-18(15-25)29-22-12-9-17(14-21(22)27-28-29)26-24(30)20-5-3-4-6-23(20)32-2/h3-14H,1-2H3,(H,26,30)/b18-13+. The zero-order valence-electron chi connectivity index (χ0n) is 17.4. The predicted octanol–water partition coefficient (Wildman–Crippen LogP) is 4.94. The SMILES string of the molecule is COc1ccc(/C=C(\C#N)n2nnc3cc(NC(=O)c4ccccc4SC)ccc32)cc1. The van der Waals surface area contributed by atoms with E-state index < -0.39 is 0 Å². The van der Waals surface area contributed by atoms with Crippen LogP contribution in [0.1, 0.15) is 15.9 Å². The molecule has 0 spiro atoms. The largest absolute Gasteiger partial charge is 0.497 e. The molecule has 32 heavy (non-hydrogen) atoms. The summed E-state index contributed by atoms with van der Waals surface area (Å²) in [7, 11) is 1.60. The van der Waals surface area contributed by atoms with Gasteiger partial charge in [0.1, 0.15) is 23.0 Å². The van der Waals surface area contributed by atoms with Gasteiger partial charge in [-0.1, -0.05) is 29.5 Å². The Hall–Kier alpha value is -4.09. The summed E-state index contributed by atoms with van der Waals surface area (Å²) in [6.45, 7) is 0. The number of nitriles is 1. The number of fused-ring (bicyclic) bond motifs is 1. The fourth-order valence-electron chi connectivity index (χ4n) is 3.21. The van der Waals surface area contributed by atoms with E-state index in [1.807, 2.05) is 48.7 Å². The van der Waals surface area contributed by atoms with E-state index in [-0.39, 0.29) is 5.91 Å². The van der Waals surface area contributed by atoms with Gasteiger partial charge in [0, 0.05) is 10.6 Å². The number of ether oxygens (including phenoxy) is 1. The van der Waals surface area contributed by atoms with E-state index in [1.165, 1.54) is 16.4 Å². The lowest BCUT2D eigenvalue weighted by atomic mass is 10.2. The topological polar surface area (TPSA) is 92.8 Å². The molecule has 0 atom stereocenters. The minimum atomic E-state index is -0.196. The average Bonchev–Trinajstić information content (AvgIpc) is 3.26. The van der Waals surface area contributed by atoms with Crippen LogP contribution in [0.2, 0.25) is 0 Å². The van der Waals surface area contributed by atoms with Crippen molar-refractivity contribution in [2.75, 3.05) is 18.7 Å². The molecule has 0 radical (unpaired) electrons. The molecule has 4 rings (SSSR count). The number of nitrogens with one attached hydrogen (secondary N) is 1. The molecule has 0 aliphatic heterocycles. The van der Waals surface area contributed by atoms with Crippen LogP contribution in [-0.4, -0.2) is 34.3 Å². The van der Waals surface area contributed by atoms with Crippen molar-refractivity contribution in [3.05, 3.63) is 77.9 Å². The Morgan fingerprint density at radius 3 is 2.66 bits per heavy atom. The molecule has 1 heterocycles. The van der Waals surface area contributed by atoms with Crippen LogP contribution >= 0.6 is 11.8 Å². The fraction of sp³-hybridized carbons (Fsp3) is 0.0833. The highest BCUT2D eigenvalue weighted by atomic mass is 32.2. The van der Waals surface area contributed by atoms with Crippen molar-refractivity contribution < 1.29 is 9.53 Å². The first-order chi connectivity index (χ1) is 15.6. The van der Waals surface area contributed by atoms with Crippen LogP contribution in [-0.2, 0) is 0 Å². The summed E-state index contributed by atoms with van der Waals surface area (Å²) in [6, 6.07) is 22.3. The van der Waals surface area contributed by atoms with Gasteiger partial charge in [0.25, 0.3) is 5.91 Å². The highest BCUT2D eigenvalue weighted by molar-refractivity contribution is 7.98. The summed E-state index contributed by atoms with van der Waals surface area (Å²) >= 11 is 1.52. The maximum Gasteiger partial charge on any atom is 0.256 e. The summed E-state index contributed by atoms with van der Waals surface area (Å²) in [6.07, 6.45) is 3.66. The number of nitrogens with zero attached hydrogens (tertiary/aromatic N) is 4. The fourth-order valence-corrected chi connectivity index (χ4v) is 3.80. The lowest BCUT2D eigenvalue weighted by Gasteiger charge is -2.08. The third kappa shape index (κ3) is 4.33. The van der Waals surface area contributed by atoms with Crippen LogP contribution < -0.4 is 10.1 Å². The normalized spacial score (nSPS) is 11.2. The monoisotopic (exact) mass is 441 g/mol. The predicted molar refractivity (Wildman–Crippen MR) is 126 cm³/mol. The summed E-state index contributed by atoms with van der Waals surface area (Å²) < 4.78 is 6.65. The van der Waals surface area contributed by atoms with Crippen molar-refractivity contribution in [1.29, 1.82) is 5.26 Å². The number of amides is 1. The molecule has 1 aromatic heterocycles. The zero-order valence-corrected chi connectivity index (χ0v) is 18.3. The molecule has 0 aliphatic carbocycles. The van der Waals surface area contributed by atoms with E-state index in [2.05, 4.69) is 21.7 Å². The molecule has 0 unspecified atom stereocenters. The van der Waals surface area contributed by atoms with E-state index in [4.69, 9.17) is 4.74 Å². The molecule has 8 heteroatoms. The number of carbonyl (C=O) groups is 1. The van der Waals surface area contributed by atoms with Crippen LogP contribution in [0.25, 0.3) is 22.8 Å². The van der Waals surface area contributed by atoms with E-state index in [9.17, 15) is 10.1 Å². The van der Waals surface area contributed by atoms with Gasteiger partial charge in [-0.15, -0.1) is 16.9 Å². The Morgan fingerprint density at radius 1 is 1.16 bits per heavy atom. The number of hydrogen-bond acceptors (Lipinski definition) is 6. The Morgan fingerprint density at radius 2 is 1.94 bits per heavy atom. The van der Waals surface area contributed by atoms with Gasteiger partial charge in [-0.05, 0) is 60.4 Å². The zero-order chi connectivity index (χ0) is 22.5. The smallest absolute Gasteiger partial charge is 0.256 e. The average molecular weight is 442 g/mol. The lowest BCUT2D eigenvalue weighted by molar-refractivity contribution is 0.102. The van der Waals surface area contributed by atoms with E-state index >= 15 is 0 Å². The minimum absolute atomic E-state index is 0.196. The molecule has 158 valence electrons. The number of methoxy groups -OCH3 is 1. The number of benzene rings is 3. The number of aromatic nitrogens is 3. The molecule has 7 nitrogen and oxygen atoms in total. The van der Waals surface area contributed by atoms with Gasteiger partial charge in [-0.3, -0.25) is 4.79 Å². The third-order valence-electron chi connectivity index (χ3n) is 4.82. The molecule has 3 aromatic carbocycles. The van der Waals surface area contributed by atoms with E-state index in [0.29, 0.717) is 28.0 Å². The molecule has 4 aromatic rings. The second kappa shape index (κ2) is 9.37. The molecule has 0 aliphatic rings. The number of allylic oxidation sites excluding steroid dienone is 1. The van der Waals surface area contributed by atoms with Crippen LogP contribution in [0.15, 0.2) is 71.6 Å². The number of thioether (sulfide) groups is 1. The maximum atomic E-state index is 12.7. The van der Waals surface area contributed by atoms with Crippen LogP contribution in [0, 0.1) is 11.3 Å². The Balaban J connectivity index is 1.61. The maximum absolute atomic E-state index is 12.7. The summed E-state index contributed by atoms with van der Waals surface area (Å²) in [5.41, 5.74) is 3.59. The molecular weight excluding hydrogens is 422 g/mol. The van der Waals surface area contributed by atoms with Crippen molar-refractivity contribution in [3.8, 4) is 11.8 Å². The molecular formula is C24H19N5O2S. The summed E-state index contributed by atoms with van der Waals surface area (Å²) in [5, 5.41) is 20.9. The van der Waals surface area contributed by atoms with E-state index in [1.54, 1.807) is 37.5 Å². The molecule has 0 saturated heterocycles. The van der Waals surface area contributed by atoms with Crippen molar-refractivity contribution >= 4 is 46.2 Å². The number of carbonyl (C=O) groups excluding carboxylic acids is 1.